The van der Waals surface area contributed by atoms with Crippen molar-refractivity contribution in [2.75, 3.05) is 52.0 Å². The summed E-state index contributed by atoms with van der Waals surface area (Å²) in [6.45, 7) is 6.77. The molecule has 1 saturated heterocycles. The summed E-state index contributed by atoms with van der Waals surface area (Å²) in [5.41, 5.74) is 4.12. The van der Waals surface area contributed by atoms with Gasteiger partial charge in [-0.1, -0.05) is 84.5 Å². The number of alkyl halides is 4. The number of nitrogens with zero attached hydrogens (tertiary/aromatic N) is 9. The average Bonchev–Trinajstić information content (AvgIpc) is 4.17. The predicted molar refractivity (Wildman–Crippen MR) is 250 cm³/mol. The molecule has 4 heterocycles. The molecular weight excluding hydrogens is 943 g/mol. The summed E-state index contributed by atoms with van der Waals surface area (Å²) in [6.07, 6.45) is -5.69. The number of anilines is 3. The summed E-state index contributed by atoms with van der Waals surface area (Å²) in [6, 6.07) is 38.6. The minimum Gasteiger partial charge on any atom is -0.415 e. The minimum absolute atomic E-state index is 0.0266. The monoisotopic (exact) mass is 985 g/mol. The number of benzene rings is 5. The van der Waals surface area contributed by atoms with Crippen LogP contribution in [0.25, 0.3) is 33.9 Å². The van der Waals surface area contributed by atoms with Gasteiger partial charge in [-0.25, -0.2) is 16.8 Å². The second-order valence-electron chi connectivity index (χ2n) is 15.4. The number of rotatable bonds is 17. The van der Waals surface area contributed by atoms with Gasteiger partial charge in [-0.3, -0.25) is 13.5 Å². The van der Waals surface area contributed by atoms with Crippen LogP contribution in [0.1, 0.15) is 35.8 Å². The Balaban J connectivity index is 0.000000205. The summed E-state index contributed by atoms with van der Waals surface area (Å²) in [7, 11) is -7.41. The van der Waals surface area contributed by atoms with Crippen molar-refractivity contribution in [1.82, 2.24) is 30.5 Å². The number of halogens is 4. The molecule has 0 aliphatic carbocycles. The number of hydrogen-bond acceptors (Lipinski definition) is 14. The number of aromatic nitrogens is 5. The largest absolute Gasteiger partial charge is 0.415 e. The third-order valence-corrected chi connectivity index (χ3v) is 14.0. The van der Waals surface area contributed by atoms with Gasteiger partial charge in [0.15, 0.2) is 11.4 Å². The number of piperazine rings is 1. The SMILES string of the molecule is C=CS(=O)(=O)N(Cc1ccc(-c2nnc(C(F)F)o2)cc1)c1ccccc1.O=S(=O)(CCN1CCN(c2noc3ccccc23)CC1)N(Cc1ccc(-c2nnc(C(F)F)o2)cc1)c1ccccc1. The van der Waals surface area contributed by atoms with Crippen molar-refractivity contribution in [2.45, 2.75) is 25.9 Å². The van der Waals surface area contributed by atoms with Crippen molar-refractivity contribution < 1.29 is 47.8 Å². The molecule has 22 heteroatoms. The molecule has 8 aromatic rings. The molecule has 0 spiro atoms. The highest BCUT2D eigenvalue weighted by molar-refractivity contribution is 7.95. The van der Waals surface area contributed by atoms with Gasteiger partial charge < -0.3 is 18.3 Å². The fourth-order valence-electron chi connectivity index (χ4n) is 7.31. The number of hydrogen-bond donors (Lipinski definition) is 0. The maximum Gasteiger partial charge on any atom is 0.314 e. The summed E-state index contributed by atoms with van der Waals surface area (Å²) >= 11 is 0. The van der Waals surface area contributed by atoms with Gasteiger partial charge in [0.05, 0.1) is 35.6 Å². The van der Waals surface area contributed by atoms with Crippen molar-refractivity contribution in [1.29, 1.82) is 0 Å². The average molecular weight is 986 g/mol. The van der Waals surface area contributed by atoms with Gasteiger partial charge in [-0.05, 0) is 71.8 Å². The molecule has 0 N–H and O–H groups in total. The van der Waals surface area contributed by atoms with Crippen LogP contribution in [-0.2, 0) is 33.1 Å². The molecule has 9 rings (SSSR count). The highest BCUT2D eigenvalue weighted by Gasteiger charge is 2.27. The van der Waals surface area contributed by atoms with Crippen molar-refractivity contribution >= 4 is 48.2 Å². The van der Waals surface area contributed by atoms with E-state index in [9.17, 15) is 34.4 Å². The normalized spacial score (nSPS) is 13.4. The maximum atomic E-state index is 13.7. The molecule has 69 heavy (non-hydrogen) atoms. The van der Waals surface area contributed by atoms with Gasteiger partial charge in [0.25, 0.3) is 21.8 Å². The van der Waals surface area contributed by atoms with Crippen LogP contribution in [-0.4, -0.2) is 85.8 Å². The minimum atomic E-state index is -3.71. The van der Waals surface area contributed by atoms with Crippen LogP contribution in [0.15, 0.2) is 159 Å². The second kappa shape index (κ2) is 21.3. The van der Waals surface area contributed by atoms with Crippen LogP contribution in [0.5, 0.6) is 0 Å². The number of fused-ring (bicyclic) bond motifs is 1. The lowest BCUT2D eigenvalue weighted by Gasteiger charge is -2.35. The van der Waals surface area contributed by atoms with Crippen LogP contribution in [0, 0.1) is 0 Å². The Morgan fingerprint density at radius 2 is 1.09 bits per heavy atom. The van der Waals surface area contributed by atoms with Gasteiger partial charge in [-0.15, -0.1) is 20.4 Å². The highest BCUT2D eigenvalue weighted by atomic mass is 32.2. The van der Waals surface area contributed by atoms with E-state index in [1.54, 1.807) is 103 Å². The molecule has 16 nitrogen and oxygen atoms in total. The van der Waals surface area contributed by atoms with Crippen LogP contribution in [0.4, 0.5) is 34.8 Å². The van der Waals surface area contributed by atoms with Crippen molar-refractivity contribution in [3.63, 3.8) is 0 Å². The fourth-order valence-corrected chi connectivity index (χ4v) is 9.73. The molecule has 0 bridgehead atoms. The van der Waals surface area contributed by atoms with Crippen LogP contribution < -0.4 is 13.5 Å². The third kappa shape index (κ3) is 11.6. The lowest BCUT2D eigenvalue weighted by molar-refractivity contribution is 0.115. The molecule has 0 saturated carbocycles. The quantitative estimate of drug-likeness (QED) is 0.0787. The molecule has 1 aliphatic heterocycles. The topological polar surface area (TPSA) is 185 Å². The first kappa shape index (κ1) is 48.0. The van der Waals surface area contributed by atoms with Gasteiger partial charge >= 0.3 is 12.9 Å². The van der Waals surface area contributed by atoms with Crippen LogP contribution in [0.2, 0.25) is 0 Å². The van der Waals surface area contributed by atoms with E-state index in [0.717, 1.165) is 22.2 Å². The first-order valence-electron chi connectivity index (χ1n) is 21.3. The first-order chi connectivity index (χ1) is 33.3. The predicted octanol–water partition coefficient (Wildman–Crippen LogP) is 9.13. The van der Waals surface area contributed by atoms with E-state index in [2.05, 4.69) is 41.9 Å². The van der Waals surface area contributed by atoms with Gasteiger partial charge in [0.1, 0.15) is 0 Å². The van der Waals surface area contributed by atoms with Gasteiger partial charge in [0.2, 0.25) is 21.8 Å². The lowest BCUT2D eigenvalue weighted by atomic mass is 10.1. The van der Waals surface area contributed by atoms with E-state index in [-0.39, 0.29) is 30.6 Å². The maximum absolute atomic E-state index is 13.7. The highest BCUT2D eigenvalue weighted by Crippen LogP contribution is 2.29. The zero-order valence-corrected chi connectivity index (χ0v) is 38.1. The van der Waals surface area contributed by atoms with E-state index >= 15 is 0 Å². The Bertz CT molecular complexity index is 3170. The van der Waals surface area contributed by atoms with Gasteiger partial charge in [0, 0.05) is 49.3 Å². The molecule has 1 fully saturated rings. The fraction of sp³-hybridized carbons (Fsp3) is 0.213. The summed E-state index contributed by atoms with van der Waals surface area (Å²) in [4.78, 5) is 4.31. The summed E-state index contributed by atoms with van der Waals surface area (Å²) in [5.74, 6) is -0.792. The molecule has 1 aliphatic rings. The van der Waals surface area contributed by atoms with E-state index < -0.39 is 44.7 Å². The summed E-state index contributed by atoms with van der Waals surface area (Å²) < 4.78 is 121. The van der Waals surface area contributed by atoms with Crippen LogP contribution in [0.3, 0.4) is 0 Å². The Morgan fingerprint density at radius 3 is 1.58 bits per heavy atom. The molecule has 5 aromatic carbocycles. The van der Waals surface area contributed by atoms with Gasteiger partial charge in [-0.2, -0.15) is 17.6 Å². The van der Waals surface area contributed by atoms with Crippen molar-refractivity contribution in [2.24, 2.45) is 0 Å². The van der Waals surface area contributed by atoms with Crippen molar-refractivity contribution in [3.8, 4) is 22.9 Å². The Hall–Kier alpha value is -7.43. The number of sulfonamides is 2. The first-order valence-corrected chi connectivity index (χ1v) is 24.4. The molecule has 358 valence electrons. The Labute approximate surface area is 394 Å². The molecule has 0 unspecified atom stereocenters. The molecule has 0 atom stereocenters. The smallest absolute Gasteiger partial charge is 0.314 e. The van der Waals surface area contributed by atoms with Crippen LogP contribution >= 0.6 is 0 Å². The molecule has 0 amide bonds. The second-order valence-corrected chi connectivity index (χ2v) is 19.2. The molecule has 0 radical (unpaired) electrons. The number of para-hydroxylation sites is 3. The Kier molecular flexibility index (Phi) is 14.8. The zero-order chi connectivity index (χ0) is 48.5. The zero-order valence-electron chi connectivity index (χ0n) is 36.5. The lowest BCUT2D eigenvalue weighted by Crippen LogP contribution is -2.48. The Morgan fingerprint density at radius 1 is 0.609 bits per heavy atom. The third-order valence-electron chi connectivity index (χ3n) is 10.9. The van der Waals surface area contributed by atoms with E-state index in [1.165, 1.54) is 8.61 Å². The van der Waals surface area contributed by atoms with E-state index in [1.807, 2.05) is 30.3 Å². The van der Waals surface area contributed by atoms with E-state index in [0.29, 0.717) is 66.4 Å². The standard InChI is InChI=1S/C29H28F2N6O4S.C18H15F2N3O3S/c30-26(31)29-33-32-28(40-29)22-12-10-21(11-13-22)20-37(23-6-2-1-3-7-23)42(38,39)19-18-35-14-16-36(17-15-35)27-24-8-4-5-9-25(24)41-34-27;1-2-27(24,25)23(15-6-4-3-5-7-15)12-13-8-10-14(11-9-13)17-21-22-18(26-17)16(19)20/h1-13,26H,14-20H2;2-11,16H,1,12H2. The summed E-state index contributed by atoms with van der Waals surface area (Å²) in [5, 5.41) is 20.0. The van der Waals surface area contributed by atoms with E-state index in [4.69, 9.17) is 13.4 Å². The molecule has 3 aromatic heterocycles. The molecular formula is C47H43F4N9O7S2. The van der Waals surface area contributed by atoms with Crippen molar-refractivity contribution in [3.05, 3.63) is 168 Å².